The summed E-state index contributed by atoms with van der Waals surface area (Å²) in [5.74, 6) is -0.242. The van der Waals surface area contributed by atoms with E-state index in [2.05, 4.69) is 0 Å². The second-order valence-corrected chi connectivity index (χ2v) is 4.53. The van der Waals surface area contributed by atoms with Gasteiger partial charge in [0.1, 0.15) is 5.82 Å². The number of halogens is 1. The number of pyridine rings is 1. The number of hydrogen-bond acceptors (Lipinski definition) is 1. The van der Waals surface area contributed by atoms with E-state index in [1.165, 1.54) is 12.1 Å². The molecule has 1 aromatic carbocycles. The number of nitrogens with zero attached hydrogens (tertiary/aromatic N) is 1. The third-order valence-electron chi connectivity index (χ3n) is 3.34. The summed E-state index contributed by atoms with van der Waals surface area (Å²) < 4.78 is 14.9. The molecule has 3 rings (SSSR count). The summed E-state index contributed by atoms with van der Waals surface area (Å²) in [5.41, 5.74) is 4.70. The average Bonchev–Trinajstić information content (AvgIpc) is 2.76. The minimum atomic E-state index is -0.242. The van der Waals surface area contributed by atoms with Crippen LogP contribution in [0.25, 0.3) is 16.6 Å². The first-order valence-corrected chi connectivity index (χ1v) is 6.02. The molecule has 0 amide bonds. The second-order valence-electron chi connectivity index (χ2n) is 4.53. The van der Waals surface area contributed by atoms with Crippen molar-refractivity contribution < 1.29 is 9.18 Å². The Hall–Kier alpha value is -2.42. The van der Waals surface area contributed by atoms with Crippen molar-refractivity contribution in [2.75, 3.05) is 0 Å². The van der Waals surface area contributed by atoms with Crippen LogP contribution >= 0.6 is 0 Å². The summed E-state index contributed by atoms with van der Waals surface area (Å²) in [5, 5.41) is 0. The summed E-state index contributed by atoms with van der Waals surface area (Å²) in [6.07, 6.45) is 2.64. The van der Waals surface area contributed by atoms with Crippen LogP contribution in [0.15, 0.2) is 48.7 Å². The van der Waals surface area contributed by atoms with Gasteiger partial charge in [-0.05, 0) is 42.8 Å². The van der Waals surface area contributed by atoms with Gasteiger partial charge in [-0.1, -0.05) is 12.1 Å². The third-order valence-corrected chi connectivity index (χ3v) is 3.34. The maximum Gasteiger partial charge on any atom is 0.151 e. The van der Waals surface area contributed by atoms with Crippen molar-refractivity contribution in [1.82, 2.24) is 4.40 Å². The van der Waals surface area contributed by atoms with Gasteiger partial charge in [-0.25, -0.2) is 4.39 Å². The molecule has 0 spiro atoms. The van der Waals surface area contributed by atoms with Crippen LogP contribution in [-0.4, -0.2) is 10.7 Å². The Kier molecular flexibility index (Phi) is 2.67. The van der Waals surface area contributed by atoms with Crippen LogP contribution in [0, 0.1) is 12.7 Å². The molecule has 2 aromatic heterocycles. The molecule has 3 aromatic rings. The van der Waals surface area contributed by atoms with Crippen molar-refractivity contribution in [1.29, 1.82) is 0 Å². The first-order valence-electron chi connectivity index (χ1n) is 6.02. The van der Waals surface area contributed by atoms with E-state index < -0.39 is 0 Å². The van der Waals surface area contributed by atoms with Gasteiger partial charge in [-0.2, -0.15) is 0 Å². The van der Waals surface area contributed by atoms with Crippen LogP contribution in [0.5, 0.6) is 0 Å². The molecule has 0 atom stereocenters. The molecule has 0 radical (unpaired) electrons. The molecular formula is C16H12FNO. The third kappa shape index (κ3) is 1.93. The summed E-state index contributed by atoms with van der Waals surface area (Å²) in [6, 6.07) is 12.2. The maximum atomic E-state index is 13.0. The van der Waals surface area contributed by atoms with E-state index in [0.29, 0.717) is 5.56 Å². The topological polar surface area (TPSA) is 21.5 Å². The highest BCUT2D eigenvalue weighted by atomic mass is 19.1. The van der Waals surface area contributed by atoms with Gasteiger partial charge in [0, 0.05) is 28.5 Å². The first-order chi connectivity index (χ1) is 9.19. The molecule has 0 aliphatic carbocycles. The number of aromatic nitrogens is 1. The number of carbonyl (C=O) groups excluding carboxylic acids is 1. The molecule has 0 saturated heterocycles. The van der Waals surface area contributed by atoms with Gasteiger partial charge >= 0.3 is 0 Å². The zero-order chi connectivity index (χ0) is 13.4. The van der Waals surface area contributed by atoms with Crippen LogP contribution in [0.4, 0.5) is 4.39 Å². The molecule has 0 fully saturated rings. The minimum absolute atomic E-state index is 0.242. The lowest BCUT2D eigenvalue weighted by molar-refractivity contribution is 0.112. The normalized spacial score (nSPS) is 10.8. The number of benzene rings is 1. The fraction of sp³-hybridized carbons (Fsp3) is 0.0625. The summed E-state index contributed by atoms with van der Waals surface area (Å²) in [4.78, 5) is 10.8. The lowest BCUT2D eigenvalue weighted by atomic mass is 10.1. The molecule has 2 heterocycles. The number of carbonyl (C=O) groups is 1. The molecule has 94 valence electrons. The van der Waals surface area contributed by atoms with E-state index in [-0.39, 0.29) is 5.82 Å². The van der Waals surface area contributed by atoms with Crippen LogP contribution in [0.3, 0.4) is 0 Å². The lowest BCUT2D eigenvalue weighted by Crippen LogP contribution is -1.90. The van der Waals surface area contributed by atoms with Crippen LogP contribution in [0.1, 0.15) is 16.1 Å². The lowest BCUT2D eigenvalue weighted by Gasteiger charge is -2.02. The molecule has 0 aliphatic rings. The predicted octanol–water partition coefficient (Wildman–Crippen LogP) is 3.87. The molecule has 0 N–H and O–H groups in total. The maximum absolute atomic E-state index is 13.0. The molecule has 0 aliphatic heterocycles. The number of aryl methyl sites for hydroxylation is 1. The van der Waals surface area contributed by atoms with Gasteiger partial charge in [0.15, 0.2) is 6.29 Å². The minimum Gasteiger partial charge on any atom is -0.320 e. The quantitative estimate of drug-likeness (QED) is 0.635. The van der Waals surface area contributed by atoms with Gasteiger partial charge in [-0.3, -0.25) is 4.79 Å². The Morgan fingerprint density at radius 3 is 2.53 bits per heavy atom. The zero-order valence-electron chi connectivity index (χ0n) is 10.4. The molecule has 2 nitrogen and oxygen atoms in total. The smallest absolute Gasteiger partial charge is 0.151 e. The number of fused-ring (bicyclic) bond motifs is 1. The number of aldehydes is 1. The molecule has 0 bridgehead atoms. The van der Waals surface area contributed by atoms with Crippen molar-refractivity contribution in [2.45, 2.75) is 6.92 Å². The van der Waals surface area contributed by atoms with E-state index in [9.17, 15) is 9.18 Å². The van der Waals surface area contributed by atoms with Crippen molar-refractivity contribution >= 4 is 11.8 Å². The fourth-order valence-corrected chi connectivity index (χ4v) is 2.31. The summed E-state index contributed by atoms with van der Waals surface area (Å²) >= 11 is 0. The van der Waals surface area contributed by atoms with Crippen LogP contribution in [-0.2, 0) is 0 Å². The monoisotopic (exact) mass is 253 g/mol. The summed E-state index contributed by atoms with van der Waals surface area (Å²) in [7, 11) is 0. The average molecular weight is 253 g/mol. The van der Waals surface area contributed by atoms with Crippen molar-refractivity contribution in [3.63, 3.8) is 0 Å². The Morgan fingerprint density at radius 2 is 1.84 bits per heavy atom. The van der Waals surface area contributed by atoms with E-state index in [1.807, 2.05) is 29.7 Å². The summed E-state index contributed by atoms with van der Waals surface area (Å²) in [6.45, 7) is 1.99. The van der Waals surface area contributed by atoms with Gasteiger partial charge in [0.25, 0.3) is 0 Å². The Balaban J connectivity index is 2.22. The van der Waals surface area contributed by atoms with Gasteiger partial charge in [0.05, 0.1) is 0 Å². The molecular weight excluding hydrogens is 241 g/mol. The van der Waals surface area contributed by atoms with Crippen LogP contribution < -0.4 is 0 Å². The SMILES string of the molecule is Cc1c(-c2ccc(F)cc2)cc2ccc(C=O)cn12. The molecule has 3 heteroatoms. The molecule has 19 heavy (non-hydrogen) atoms. The highest BCUT2D eigenvalue weighted by molar-refractivity contribution is 5.78. The predicted molar refractivity (Wildman–Crippen MR) is 72.9 cm³/mol. The molecule has 0 unspecified atom stereocenters. The highest BCUT2D eigenvalue weighted by Gasteiger charge is 2.08. The largest absolute Gasteiger partial charge is 0.320 e. The first kappa shape index (κ1) is 11.7. The van der Waals surface area contributed by atoms with E-state index in [4.69, 9.17) is 0 Å². The Labute approximate surface area is 110 Å². The van der Waals surface area contributed by atoms with Gasteiger partial charge in [0.2, 0.25) is 0 Å². The van der Waals surface area contributed by atoms with E-state index >= 15 is 0 Å². The van der Waals surface area contributed by atoms with Gasteiger partial charge < -0.3 is 4.40 Å². The van der Waals surface area contributed by atoms with Gasteiger partial charge in [-0.15, -0.1) is 0 Å². The Morgan fingerprint density at radius 1 is 1.11 bits per heavy atom. The van der Waals surface area contributed by atoms with E-state index in [1.54, 1.807) is 18.2 Å². The highest BCUT2D eigenvalue weighted by Crippen LogP contribution is 2.27. The standard InChI is InChI=1S/C16H12FNO/c1-11-16(13-3-5-14(17)6-4-13)8-15-7-2-12(10-19)9-18(11)15/h2-10H,1H3. The van der Waals surface area contributed by atoms with Crippen molar-refractivity contribution in [3.05, 3.63) is 65.7 Å². The zero-order valence-corrected chi connectivity index (χ0v) is 10.4. The fourth-order valence-electron chi connectivity index (χ4n) is 2.31. The van der Waals surface area contributed by atoms with Crippen molar-refractivity contribution in [2.24, 2.45) is 0 Å². The Bertz CT molecular complexity index is 756. The molecule has 0 saturated carbocycles. The van der Waals surface area contributed by atoms with Crippen LogP contribution in [0.2, 0.25) is 0 Å². The number of hydrogen-bond donors (Lipinski definition) is 0. The van der Waals surface area contributed by atoms with E-state index in [0.717, 1.165) is 28.6 Å². The van der Waals surface area contributed by atoms with Crippen molar-refractivity contribution in [3.8, 4) is 11.1 Å². The second kappa shape index (κ2) is 4.35. The number of rotatable bonds is 2.